The summed E-state index contributed by atoms with van der Waals surface area (Å²) in [5, 5.41) is 2.51. The molecule has 0 radical (unpaired) electrons. The number of nitrogens with zero attached hydrogens (tertiary/aromatic N) is 3. The van der Waals surface area contributed by atoms with E-state index in [0.29, 0.717) is 43.9 Å². The number of benzene rings is 1. The van der Waals surface area contributed by atoms with E-state index in [0.717, 1.165) is 11.1 Å². The van der Waals surface area contributed by atoms with Gasteiger partial charge in [-0.3, -0.25) is 9.59 Å². The number of halogens is 3. The lowest BCUT2D eigenvalue weighted by molar-refractivity contribution is -0.138. The summed E-state index contributed by atoms with van der Waals surface area (Å²) in [7, 11) is 1.67. The molecule has 0 bridgehead atoms. The van der Waals surface area contributed by atoms with Crippen molar-refractivity contribution >= 4 is 23.2 Å². The average Bonchev–Trinajstić information content (AvgIpc) is 3.50. The highest BCUT2D eigenvalue weighted by atomic mass is 32.1. The summed E-state index contributed by atoms with van der Waals surface area (Å²) in [6, 6.07) is 8.41. The van der Waals surface area contributed by atoms with Crippen molar-refractivity contribution in [1.82, 2.24) is 14.8 Å². The average molecular weight is 478 g/mol. The first-order valence-corrected chi connectivity index (χ1v) is 11.3. The smallest absolute Gasteiger partial charge is 0.417 e. The van der Waals surface area contributed by atoms with Crippen molar-refractivity contribution in [2.75, 3.05) is 20.1 Å². The number of aromatic nitrogens is 1. The fourth-order valence-electron chi connectivity index (χ4n) is 3.89. The van der Waals surface area contributed by atoms with E-state index in [1.165, 1.54) is 39.3 Å². The standard InChI is InChI=1S/C23H22F3N3O3S/c1-28(13-16-5-4-12-32-16)22(31)19-14-33-20(27-19)15-8-10-29(11-9-15)21(30)17-6-2-3-7-18(17)23(24,25)26/h2-7,12,14-15H,8-11,13H2,1H3. The van der Waals surface area contributed by atoms with Crippen LogP contribution in [0.25, 0.3) is 0 Å². The summed E-state index contributed by atoms with van der Waals surface area (Å²) in [5.41, 5.74) is -0.897. The number of furan rings is 1. The number of amides is 2. The van der Waals surface area contributed by atoms with Gasteiger partial charge in [-0.2, -0.15) is 13.2 Å². The first-order valence-electron chi connectivity index (χ1n) is 10.4. The molecule has 2 amide bonds. The SMILES string of the molecule is CN(Cc1ccco1)C(=O)c1csc(C2CCN(C(=O)c3ccccc3C(F)(F)F)CC2)n1. The normalized spacial score (nSPS) is 15.0. The van der Waals surface area contributed by atoms with E-state index >= 15 is 0 Å². The van der Waals surface area contributed by atoms with E-state index in [4.69, 9.17) is 4.42 Å². The van der Waals surface area contributed by atoms with Crippen molar-refractivity contribution in [2.24, 2.45) is 0 Å². The van der Waals surface area contributed by atoms with Crippen LogP contribution < -0.4 is 0 Å². The molecule has 1 saturated heterocycles. The first kappa shape index (κ1) is 23.0. The second-order valence-electron chi connectivity index (χ2n) is 7.92. The molecule has 3 aromatic rings. The van der Waals surface area contributed by atoms with Crippen LogP contribution in [-0.2, 0) is 12.7 Å². The van der Waals surface area contributed by atoms with Gasteiger partial charge in [0.05, 0.1) is 28.9 Å². The van der Waals surface area contributed by atoms with Crippen LogP contribution >= 0.6 is 11.3 Å². The number of likely N-dealkylation sites (tertiary alicyclic amines) is 1. The van der Waals surface area contributed by atoms with Gasteiger partial charge in [0.1, 0.15) is 11.5 Å². The lowest BCUT2D eigenvalue weighted by Crippen LogP contribution is -2.38. The van der Waals surface area contributed by atoms with E-state index in [1.807, 2.05) is 0 Å². The molecule has 1 aliphatic rings. The quantitative estimate of drug-likeness (QED) is 0.516. The number of carbonyl (C=O) groups is 2. The molecule has 33 heavy (non-hydrogen) atoms. The molecule has 0 unspecified atom stereocenters. The molecule has 6 nitrogen and oxygen atoms in total. The fourth-order valence-corrected chi connectivity index (χ4v) is 4.86. The molecule has 1 aliphatic heterocycles. The Morgan fingerprint density at radius 3 is 2.58 bits per heavy atom. The second kappa shape index (κ2) is 9.38. The molecule has 0 spiro atoms. The highest BCUT2D eigenvalue weighted by molar-refractivity contribution is 7.09. The Kier molecular flexibility index (Phi) is 6.55. The van der Waals surface area contributed by atoms with Crippen molar-refractivity contribution in [2.45, 2.75) is 31.5 Å². The topological polar surface area (TPSA) is 66.7 Å². The van der Waals surface area contributed by atoms with Gasteiger partial charge >= 0.3 is 6.18 Å². The molecule has 2 aromatic heterocycles. The summed E-state index contributed by atoms with van der Waals surface area (Å²) >= 11 is 1.39. The second-order valence-corrected chi connectivity index (χ2v) is 8.81. The molecular formula is C23H22F3N3O3S. The maximum Gasteiger partial charge on any atom is 0.417 e. The van der Waals surface area contributed by atoms with Gasteiger partial charge < -0.3 is 14.2 Å². The Morgan fingerprint density at radius 1 is 1.18 bits per heavy atom. The van der Waals surface area contributed by atoms with Crippen molar-refractivity contribution in [3.8, 4) is 0 Å². The third-order valence-electron chi connectivity index (χ3n) is 5.66. The minimum Gasteiger partial charge on any atom is -0.467 e. The third-order valence-corrected chi connectivity index (χ3v) is 6.66. The van der Waals surface area contributed by atoms with Crippen LogP contribution in [0.15, 0.2) is 52.5 Å². The van der Waals surface area contributed by atoms with Crippen LogP contribution in [0, 0.1) is 0 Å². The van der Waals surface area contributed by atoms with Gasteiger partial charge in [0, 0.05) is 31.4 Å². The van der Waals surface area contributed by atoms with E-state index in [9.17, 15) is 22.8 Å². The van der Waals surface area contributed by atoms with Gasteiger partial charge in [-0.15, -0.1) is 11.3 Å². The van der Waals surface area contributed by atoms with Gasteiger partial charge in [0.25, 0.3) is 11.8 Å². The number of alkyl halides is 3. The molecule has 174 valence electrons. The Bertz CT molecular complexity index is 1120. The molecule has 3 heterocycles. The highest BCUT2D eigenvalue weighted by Crippen LogP contribution is 2.34. The Morgan fingerprint density at radius 2 is 1.91 bits per heavy atom. The largest absolute Gasteiger partial charge is 0.467 e. The van der Waals surface area contributed by atoms with E-state index < -0.39 is 17.6 Å². The Hall–Kier alpha value is -3.14. The monoisotopic (exact) mass is 477 g/mol. The molecule has 0 N–H and O–H groups in total. The number of hydrogen-bond donors (Lipinski definition) is 0. The first-order chi connectivity index (χ1) is 15.7. The summed E-state index contributed by atoms with van der Waals surface area (Å²) in [5.74, 6) is -0.111. The van der Waals surface area contributed by atoms with Crippen molar-refractivity contribution < 1.29 is 27.2 Å². The molecule has 0 saturated carbocycles. The van der Waals surface area contributed by atoms with E-state index in [1.54, 1.807) is 30.8 Å². The van der Waals surface area contributed by atoms with Gasteiger partial charge in [0.15, 0.2) is 0 Å². The predicted octanol–water partition coefficient (Wildman–Crippen LogP) is 5.05. The summed E-state index contributed by atoms with van der Waals surface area (Å²) < 4.78 is 45.1. The zero-order valence-corrected chi connectivity index (χ0v) is 18.7. The zero-order chi connectivity index (χ0) is 23.6. The summed E-state index contributed by atoms with van der Waals surface area (Å²) in [6.07, 6.45) is -1.89. The van der Waals surface area contributed by atoms with Crippen molar-refractivity contribution in [1.29, 1.82) is 0 Å². The zero-order valence-electron chi connectivity index (χ0n) is 17.8. The fraction of sp³-hybridized carbons (Fsp3) is 0.348. The molecular weight excluding hydrogens is 455 g/mol. The van der Waals surface area contributed by atoms with Gasteiger partial charge in [-0.05, 0) is 37.1 Å². The molecule has 0 atom stereocenters. The number of carbonyl (C=O) groups excluding carboxylic acids is 2. The van der Waals surface area contributed by atoms with Gasteiger partial charge in [-0.25, -0.2) is 4.98 Å². The van der Waals surface area contributed by atoms with Crippen molar-refractivity contribution in [3.05, 3.63) is 75.6 Å². The lowest BCUT2D eigenvalue weighted by Gasteiger charge is -2.31. The van der Waals surface area contributed by atoms with Crippen LogP contribution in [0.5, 0.6) is 0 Å². The molecule has 10 heteroatoms. The van der Waals surface area contributed by atoms with Crippen LogP contribution in [-0.4, -0.2) is 46.7 Å². The van der Waals surface area contributed by atoms with E-state index in [2.05, 4.69) is 4.98 Å². The lowest BCUT2D eigenvalue weighted by atomic mass is 9.96. The Labute approximate surface area is 192 Å². The number of piperidine rings is 1. The van der Waals surface area contributed by atoms with E-state index in [-0.39, 0.29) is 17.4 Å². The van der Waals surface area contributed by atoms with Crippen LogP contribution in [0.1, 0.15) is 55.9 Å². The number of thiazole rings is 1. The minimum atomic E-state index is -4.58. The van der Waals surface area contributed by atoms with Crippen LogP contribution in [0.4, 0.5) is 13.2 Å². The van der Waals surface area contributed by atoms with Gasteiger partial charge in [-0.1, -0.05) is 12.1 Å². The maximum atomic E-state index is 13.3. The third kappa shape index (κ3) is 5.11. The summed E-state index contributed by atoms with van der Waals surface area (Å²) in [4.78, 5) is 32.9. The van der Waals surface area contributed by atoms with Crippen molar-refractivity contribution in [3.63, 3.8) is 0 Å². The molecule has 4 rings (SSSR count). The molecule has 1 fully saturated rings. The number of rotatable bonds is 5. The predicted molar refractivity (Wildman–Crippen MR) is 116 cm³/mol. The molecule has 1 aromatic carbocycles. The van der Waals surface area contributed by atoms with Crippen LogP contribution in [0.3, 0.4) is 0 Å². The summed E-state index contributed by atoms with van der Waals surface area (Å²) in [6.45, 7) is 0.993. The minimum absolute atomic E-state index is 0.0499. The Balaban J connectivity index is 1.38. The maximum absolute atomic E-state index is 13.3. The van der Waals surface area contributed by atoms with Crippen LogP contribution in [0.2, 0.25) is 0 Å². The highest BCUT2D eigenvalue weighted by Gasteiger charge is 2.36. The van der Waals surface area contributed by atoms with Gasteiger partial charge in [0.2, 0.25) is 0 Å². The molecule has 0 aliphatic carbocycles. The number of hydrogen-bond acceptors (Lipinski definition) is 5.